The molecule has 2 aromatic heterocycles. The van der Waals surface area contributed by atoms with Crippen molar-refractivity contribution in [3.05, 3.63) is 78.6 Å². The Labute approximate surface area is 133 Å². The van der Waals surface area contributed by atoms with Crippen molar-refractivity contribution in [3.8, 4) is 23.0 Å². The average Bonchev–Trinajstić information content (AvgIpc) is 3.02. The van der Waals surface area contributed by atoms with E-state index in [0.29, 0.717) is 11.4 Å². The van der Waals surface area contributed by atoms with E-state index in [9.17, 15) is 5.26 Å². The van der Waals surface area contributed by atoms with Crippen LogP contribution in [0.5, 0.6) is 0 Å². The normalized spacial score (nSPS) is 10.6. The van der Waals surface area contributed by atoms with Gasteiger partial charge in [0, 0.05) is 17.1 Å². The van der Waals surface area contributed by atoms with Gasteiger partial charge in [-0.05, 0) is 18.2 Å². The van der Waals surface area contributed by atoms with Gasteiger partial charge in [0.25, 0.3) is 0 Å². The molecule has 4 heteroatoms. The van der Waals surface area contributed by atoms with Crippen LogP contribution in [0.2, 0.25) is 0 Å². The highest BCUT2D eigenvalue weighted by Gasteiger charge is 2.15. The molecule has 108 valence electrons. The fourth-order valence-electron chi connectivity index (χ4n) is 2.71. The molecular weight excluding hydrogens is 284 g/mol. The highest BCUT2D eigenvalue weighted by atomic mass is 15.3. The summed E-state index contributed by atoms with van der Waals surface area (Å²) in [6.45, 7) is 0. The quantitative estimate of drug-likeness (QED) is 0.562. The number of benzene rings is 2. The SMILES string of the molecule is N#Cc1ncccc1-n1nc(-c2ccccc2)c2ccccc21. The molecule has 23 heavy (non-hydrogen) atoms. The highest BCUT2D eigenvalue weighted by molar-refractivity contribution is 5.94. The molecule has 0 spiro atoms. The Morgan fingerprint density at radius 2 is 1.65 bits per heavy atom. The van der Waals surface area contributed by atoms with Crippen molar-refractivity contribution >= 4 is 10.9 Å². The number of pyridine rings is 1. The minimum Gasteiger partial charge on any atom is -0.243 e. The number of nitrogens with zero attached hydrogens (tertiary/aromatic N) is 4. The Bertz CT molecular complexity index is 1030. The van der Waals surface area contributed by atoms with Crippen molar-refractivity contribution in [2.75, 3.05) is 0 Å². The maximum absolute atomic E-state index is 9.32. The van der Waals surface area contributed by atoms with Crippen LogP contribution < -0.4 is 0 Å². The van der Waals surface area contributed by atoms with E-state index < -0.39 is 0 Å². The standard InChI is InChI=1S/C19H12N4/c20-13-16-18(11-6-12-21-16)23-17-10-5-4-9-15(17)19(22-23)14-7-2-1-3-8-14/h1-12H. The van der Waals surface area contributed by atoms with Crippen LogP contribution in [0, 0.1) is 11.3 Å². The molecule has 4 rings (SSSR count). The highest BCUT2D eigenvalue weighted by Crippen LogP contribution is 2.29. The molecule has 0 atom stereocenters. The lowest BCUT2D eigenvalue weighted by atomic mass is 10.1. The molecule has 0 N–H and O–H groups in total. The summed E-state index contributed by atoms with van der Waals surface area (Å²) in [7, 11) is 0. The number of hydrogen-bond acceptors (Lipinski definition) is 3. The maximum Gasteiger partial charge on any atom is 0.166 e. The molecule has 0 saturated carbocycles. The van der Waals surface area contributed by atoms with Crippen LogP contribution >= 0.6 is 0 Å². The van der Waals surface area contributed by atoms with Crippen molar-refractivity contribution in [2.24, 2.45) is 0 Å². The van der Waals surface area contributed by atoms with Gasteiger partial charge in [-0.25, -0.2) is 9.67 Å². The zero-order chi connectivity index (χ0) is 15.6. The second-order valence-corrected chi connectivity index (χ2v) is 5.13. The van der Waals surface area contributed by atoms with Crippen LogP contribution in [0.15, 0.2) is 72.9 Å². The summed E-state index contributed by atoms with van der Waals surface area (Å²) in [5, 5.41) is 15.1. The minimum absolute atomic E-state index is 0.361. The van der Waals surface area contributed by atoms with Gasteiger partial charge in [0.1, 0.15) is 17.5 Å². The first-order valence-electron chi connectivity index (χ1n) is 7.27. The van der Waals surface area contributed by atoms with Gasteiger partial charge in [-0.1, -0.05) is 48.5 Å². The van der Waals surface area contributed by atoms with Gasteiger partial charge < -0.3 is 0 Å². The van der Waals surface area contributed by atoms with E-state index in [-0.39, 0.29) is 0 Å². The third-order valence-electron chi connectivity index (χ3n) is 3.76. The third kappa shape index (κ3) is 2.16. The molecule has 0 unspecified atom stereocenters. The second-order valence-electron chi connectivity index (χ2n) is 5.13. The summed E-state index contributed by atoms with van der Waals surface area (Å²) < 4.78 is 1.79. The molecule has 4 aromatic rings. The van der Waals surface area contributed by atoms with Gasteiger partial charge in [-0.3, -0.25) is 0 Å². The lowest BCUT2D eigenvalue weighted by molar-refractivity contribution is 0.902. The van der Waals surface area contributed by atoms with Crippen LogP contribution in [0.4, 0.5) is 0 Å². The zero-order valence-corrected chi connectivity index (χ0v) is 12.2. The lowest BCUT2D eigenvalue weighted by Gasteiger charge is -2.04. The van der Waals surface area contributed by atoms with E-state index in [4.69, 9.17) is 5.10 Å². The Kier molecular flexibility index (Phi) is 3.10. The first kappa shape index (κ1) is 13.2. The monoisotopic (exact) mass is 296 g/mol. The summed E-state index contributed by atoms with van der Waals surface area (Å²) in [5.74, 6) is 0. The van der Waals surface area contributed by atoms with Gasteiger partial charge in [0.2, 0.25) is 0 Å². The van der Waals surface area contributed by atoms with Crippen LogP contribution in [-0.2, 0) is 0 Å². The van der Waals surface area contributed by atoms with Crippen molar-refractivity contribution < 1.29 is 0 Å². The molecule has 0 bridgehead atoms. The number of nitriles is 1. The van der Waals surface area contributed by atoms with E-state index >= 15 is 0 Å². The molecule has 4 nitrogen and oxygen atoms in total. The van der Waals surface area contributed by atoms with Gasteiger partial charge in [-0.2, -0.15) is 10.4 Å². The largest absolute Gasteiger partial charge is 0.243 e. The Balaban J connectivity index is 2.05. The van der Waals surface area contributed by atoms with Crippen molar-refractivity contribution in [1.82, 2.24) is 14.8 Å². The third-order valence-corrected chi connectivity index (χ3v) is 3.76. The zero-order valence-electron chi connectivity index (χ0n) is 12.2. The fourth-order valence-corrected chi connectivity index (χ4v) is 2.71. The summed E-state index contributed by atoms with van der Waals surface area (Å²) in [6.07, 6.45) is 1.62. The molecule has 0 aliphatic heterocycles. The molecule has 2 heterocycles. The van der Waals surface area contributed by atoms with E-state index in [1.54, 1.807) is 10.9 Å². The Morgan fingerprint density at radius 3 is 2.48 bits per heavy atom. The Hall–Kier alpha value is -3.45. The maximum atomic E-state index is 9.32. The molecule has 2 aromatic carbocycles. The van der Waals surface area contributed by atoms with E-state index in [0.717, 1.165) is 22.2 Å². The molecule has 0 aliphatic carbocycles. The summed E-state index contributed by atoms with van der Waals surface area (Å²) in [6, 6.07) is 23.9. The molecular formula is C19H12N4. The Morgan fingerprint density at radius 1 is 0.870 bits per heavy atom. The molecule has 0 aliphatic rings. The molecule has 0 amide bonds. The van der Waals surface area contributed by atoms with Gasteiger partial charge in [-0.15, -0.1) is 0 Å². The van der Waals surface area contributed by atoms with Gasteiger partial charge in [0.05, 0.1) is 5.52 Å². The number of para-hydroxylation sites is 1. The molecule has 0 radical (unpaired) electrons. The van der Waals surface area contributed by atoms with Crippen LogP contribution in [0.25, 0.3) is 27.8 Å². The average molecular weight is 296 g/mol. The summed E-state index contributed by atoms with van der Waals surface area (Å²) in [5.41, 5.74) is 3.95. The van der Waals surface area contributed by atoms with Crippen LogP contribution in [0.3, 0.4) is 0 Å². The lowest BCUT2D eigenvalue weighted by Crippen LogP contribution is -2.01. The number of rotatable bonds is 2. The van der Waals surface area contributed by atoms with E-state index in [1.165, 1.54) is 0 Å². The van der Waals surface area contributed by atoms with Gasteiger partial charge in [0.15, 0.2) is 5.69 Å². The fraction of sp³-hybridized carbons (Fsp3) is 0. The van der Waals surface area contributed by atoms with Crippen molar-refractivity contribution in [2.45, 2.75) is 0 Å². The number of fused-ring (bicyclic) bond motifs is 1. The summed E-state index contributed by atoms with van der Waals surface area (Å²) in [4.78, 5) is 4.14. The van der Waals surface area contributed by atoms with Crippen LogP contribution in [-0.4, -0.2) is 14.8 Å². The first-order chi connectivity index (χ1) is 11.4. The van der Waals surface area contributed by atoms with Crippen molar-refractivity contribution in [3.63, 3.8) is 0 Å². The topological polar surface area (TPSA) is 54.5 Å². The van der Waals surface area contributed by atoms with E-state index in [1.807, 2.05) is 66.7 Å². The molecule has 0 saturated heterocycles. The minimum atomic E-state index is 0.361. The van der Waals surface area contributed by atoms with Crippen molar-refractivity contribution in [1.29, 1.82) is 5.26 Å². The predicted octanol–water partition coefficient (Wildman–Crippen LogP) is 3.96. The first-order valence-corrected chi connectivity index (χ1v) is 7.27. The smallest absolute Gasteiger partial charge is 0.166 e. The van der Waals surface area contributed by atoms with Gasteiger partial charge >= 0.3 is 0 Å². The van der Waals surface area contributed by atoms with Crippen LogP contribution in [0.1, 0.15) is 5.69 Å². The number of hydrogen-bond donors (Lipinski definition) is 0. The number of aromatic nitrogens is 3. The van der Waals surface area contributed by atoms with E-state index in [2.05, 4.69) is 11.1 Å². The second kappa shape index (κ2) is 5.39. The predicted molar refractivity (Wildman–Crippen MR) is 89.0 cm³/mol. The summed E-state index contributed by atoms with van der Waals surface area (Å²) >= 11 is 0. The molecule has 0 fully saturated rings.